The first kappa shape index (κ1) is 16.2. The van der Waals surface area contributed by atoms with Crippen molar-refractivity contribution in [2.45, 2.75) is 25.3 Å². The highest BCUT2D eigenvalue weighted by molar-refractivity contribution is 7.15. The number of aromatic nitrogens is 4. The van der Waals surface area contributed by atoms with Crippen molar-refractivity contribution >= 4 is 28.2 Å². The van der Waals surface area contributed by atoms with Crippen LogP contribution in [0.5, 0.6) is 0 Å². The summed E-state index contributed by atoms with van der Waals surface area (Å²) in [4.78, 5) is 26.2. The molecule has 1 N–H and O–H groups in total. The van der Waals surface area contributed by atoms with E-state index >= 15 is 0 Å². The molecule has 0 bridgehead atoms. The van der Waals surface area contributed by atoms with Gasteiger partial charge in [0, 0.05) is 25.1 Å². The second-order valence-corrected chi connectivity index (χ2v) is 7.06. The van der Waals surface area contributed by atoms with Crippen LogP contribution in [0.4, 0.5) is 10.9 Å². The molecule has 0 radical (unpaired) electrons. The fourth-order valence-corrected chi connectivity index (χ4v) is 3.52. The summed E-state index contributed by atoms with van der Waals surface area (Å²) in [7, 11) is 0. The fourth-order valence-electron chi connectivity index (χ4n) is 2.59. The second kappa shape index (κ2) is 6.89. The maximum Gasteiger partial charge on any atom is 0.267 e. The zero-order valence-corrected chi connectivity index (χ0v) is 14.4. The first-order valence-electron chi connectivity index (χ1n) is 8.23. The zero-order valence-electron chi connectivity index (χ0n) is 13.6. The number of anilines is 2. The molecular weight excluding hydrogens is 344 g/mol. The summed E-state index contributed by atoms with van der Waals surface area (Å²) in [5.41, 5.74) is -0.317. The van der Waals surface area contributed by atoms with Gasteiger partial charge in [0.2, 0.25) is 11.0 Å². The van der Waals surface area contributed by atoms with Crippen molar-refractivity contribution in [3.63, 3.8) is 0 Å². The monoisotopic (exact) mass is 362 g/mol. The second-order valence-electron chi connectivity index (χ2n) is 6.05. The van der Waals surface area contributed by atoms with E-state index in [0.717, 1.165) is 17.8 Å². The lowest BCUT2D eigenvalue weighted by atomic mass is 10.4. The number of hydrogen-bond acceptors (Lipinski definition) is 8. The maximum absolute atomic E-state index is 12.2. The Balaban J connectivity index is 1.43. The Hall–Kier alpha value is -2.33. The quantitative estimate of drug-likeness (QED) is 0.824. The summed E-state index contributed by atoms with van der Waals surface area (Å²) in [6, 6.07) is 3.11. The maximum atomic E-state index is 12.2. The minimum absolute atomic E-state index is 0.157. The highest BCUT2D eigenvalue weighted by Crippen LogP contribution is 2.41. The van der Waals surface area contributed by atoms with E-state index in [4.69, 9.17) is 4.74 Å². The minimum atomic E-state index is -0.341. The summed E-state index contributed by atoms with van der Waals surface area (Å²) in [6.45, 7) is 2.52. The van der Waals surface area contributed by atoms with Crippen LogP contribution in [-0.2, 0) is 16.1 Å². The highest BCUT2D eigenvalue weighted by atomic mass is 32.1. The highest BCUT2D eigenvalue weighted by Gasteiger charge is 2.27. The molecule has 1 aliphatic carbocycles. The van der Waals surface area contributed by atoms with Crippen LogP contribution in [0.25, 0.3) is 0 Å². The topological polar surface area (TPSA) is 102 Å². The third-order valence-electron chi connectivity index (χ3n) is 4.09. The third-order valence-corrected chi connectivity index (χ3v) is 5.10. The van der Waals surface area contributed by atoms with E-state index in [9.17, 15) is 9.59 Å². The Morgan fingerprint density at radius 1 is 1.28 bits per heavy atom. The van der Waals surface area contributed by atoms with Crippen molar-refractivity contribution in [3.8, 4) is 0 Å². The largest absolute Gasteiger partial charge is 0.378 e. The van der Waals surface area contributed by atoms with Gasteiger partial charge in [0.15, 0.2) is 0 Å². The molecule has 1 amide bonds. The Bertz CT molecular complexity index is 825. The van der Waals surface area contributed by atoms with Crippen LogP contribution in [0.3, 0.4) is 0 Å². The molecule has 4 rings (SSSR count). The number of nitrogens with zero attached hydrogens (tertiary/aromatic N) is 5. The molecule has 9 nitrogen and oxygen atoms in total. The van der Waals surface area contributed by atoms with Gasteiger partial charge in [-0.25, -0.2) is 4.68 Å². The van der Waals surface area contributed by atoms with E-state index in [0.29, 0.717) is 43.2 Å². The minimum Gasteiger partial charge on any atom is -0.378 e. The molecule has 25 heavy (non-hydrogen) atoms. The lowest BCUT2D eigenvalue weighted by Gasteiger charge is -2.27. The SMILES string of the molecule is O=C(Cn1nc(N2CCOCC2)ccc1=O)Nc1nnc(C2CC2)s1. The number of rotatable bonds is 5. The predicted octanol–water partition coefficient (Wildman–Crippen LogP) is 0.447. The first-order valence-corrected chi connectivity index (χ1v) is 9.05. The molecule has 3 heterocycles. The van der Waals surface area contributed by atoms with Gasteiger partial charge in [-0.1, -0.05) is 11.3 Å². The van der Waals surface area contributed by atoms with Gasteiger partial charge in [0.1, 0.15) is 17.4 Å². The predicted molar refractivity (Wildman–Crippen MR) is 92.0 cm³/mol. The van der Waals surface area contributed by atoms with Gasteiger partial charge in [-0.05, 0) is 18.9 Å². The van der Waals surface area contributed by atoms with E-state index in [-0.39, 0.29) is 18.0 Å². The van der Waals surface area contributed by atoms with Crippen LogP contribution < -0.4 is 15.8 Å². The number of ether oxygens (including phenoxy) is 1. The Kier molecular flexibility index (Phi) is 4.45. The molecule has 2 aliphatic rings. The smallest absolute Gasteiger partial charge is 0.267 e. The molecule has 0 atom stereocenters. The van der Waals surface area contributed by atoms with Crippen LogP contribution in [0.2, 0.25) is 0 Å². The number of amides is 1. The van der Waals surface area contributed by atoms with Crippen molar-refractivity contribution in [2.24, 2.45) is 0 Å². The van der Waals surface area contributed by atoms with E-state index < -0.39 is 0 Å². The molecular formula is C15H18N6O3S. The standard InChI is InChI=1S/C15H18N6O3S/c22-12(16-15-18-17-14(25-15)10-1-2-10)9-21-13(23)4-3-11(19-21)20-5-7-24-8-6-20/h3-4,10H,1-2,5-9H2,(H,16,18,22). The number of hydrogen-bond donors (Lipinski definition) is 1. The van der Waals surface area contributed by atoms with Gasteiger partial charge >= 0.3 is 0 Å². The Labute approximate surface area is 147 Å². The van der Waals surface area contributed by atoms with Crippen LogP contribution in [0.15, 0.2) is 16.9 Å². The summed E-state index contributed by atoms with van der Waals surface area (Å²) >= 11 is 1.39. The van der Waals surface area contributed by atoms with Crippen LogP contribution >= 0.6 is 11.3 Å². The molecule has 2 aromatic heterocycles. The van der Waals surface area contributed by atoms with Crippen LogP contribution in [-0.4, -0.2) is 52.2 Å². The van der Waals surface area contributed by atoms with Gasteiger partial charge in [-0.2, -0.15) is 5.10 Å². The number of nitrogens with one attached hydrogen (secondary N) is 1. The van der Waals surface area contributed by atoms with Crippen molar-refractivity contribution in [1.82, 2.24) is 20.0 Å². The Morgan fingerprint density at radius 2 is 2.08 bits per heavy atom. The average molecular weight is 362 g/mol. The Morgan fingerprint density at radius 3 is 2.84 bits per heavy atom. The summed E-state index contributed by atoms with van der Waals surface area (Å²) in [5, 5.41) is 16.5. The molecule has 0 spiro atoms. The molecule has 2 aromatic rings. The van der Waals surface area contributed by atoms with E-state index in [1.807, 2.05) is 4.90 Å². The number of carbonyl (C=O) groups is 1. The zero-order chi connectivity index (χ0) is 17.2. The molecule has 0 unspecified atom stereocenters. The number of carbonyl (C=O) groups excluding carboxylic acids is 1. The third kappa shape index (κ3) is 3.85. The van der Waals surface area contributed by atoms with E-state index in [1.54, 1.807) is 6.07 Å². The molecule has 1 aliphatic heterocycles. The van der Waals surface area contributed by atoms with Gasteiger partial charge in [-0.3, -0.25) is 14.9 Å². The van der Waals surface area contributed by atoms with Crippen molar-refractivity contribution in [3.05, 3.63) is 27.5 Å². The summed E-state index contributed by atoms with van der Waals surface area (Å²) in [6.07, 6.45) is 2.27. The van der Waals surface area contributed by atoms with Crippen molar-refractivity contribution in [1.29, 1.82) is 0 Å². The van der Waals surface area contributed by atoms with Crippen molar-refractivity contribution < 1.29 is 9.53 Å². The molecule has 132 valence electrons. The van der Waals surface area contributed by atoms with Crippen LogP contribution in [0, 0.1) is 0 Å². The molecule has 2 fully saturated rings. The van der Waals surface area contributed by atoms with Crippen LogP contribution in [0.1, 0.15) is 23.8 Å². The molecule has 10 heteroatoms. The van der Waals surface area contributed by atoms with E-state index in [2.05, 4.69) is 20.6 Å². The van der Waals surface area contributed by atoms with E-state index in [1.165, 1.54) is 22.1 Å². The van der Waals surface area contributed by atoms with Gasteiger partial charge in [0.25, 0.3) is 5.56 Å². The molecule has 1 saturated heterocycles. The average Bonchev–Trinajstić information content (AvgIpc) is 3.37. The summed E-state index contributed by atoms with van der Waals surface area (Å²) in [5.74, 6) is 0.826. The lowest BCUT2D eigenvalue weighted by Crippen LogP contribution is -2.38. The fraction of sp³-hybridized carbons (Fsp3) is 0.533. The van der Waals surface area contributed by atoms with Crippen molar-refractivity contribution in [2.75, 3.05) is 36.5 Å². The number of morpholine rings is 1. The summed E-state index contributed by atoms with van der Waals surface area (Å²) < 4.78 is 6.49. The molecule has 0 aromatic carbocycles. The van der Waals surface area contributed by atoms with Gasteiger partial charge in [0.05, 0.1) is 13.2 Å². The first-order chi connectivity index (χ1) is 12.2. The van der Waals surface area contributed by atoms with Gasteiger partial charge < -0.3 is 9.64 Å². The molecule has 1 saturated carbocycles. The normalized spacial score (nSPS) is 17.5. The van der Waals surface area contributed by atoms with Gasteiger partial charge in [-0.15, -0.1) is 10.2 Å². The lowest BCUT2D eigenvalue weighted by molar-refractivity contribution is -0.117.